The van der Waals surface area contributed by atoms with Crippen LogP contribution in [0.1, 0.15) is 45.1 Å². The minimum Gasteiger partial charge on any atom is -0.475 e. The molecule has 1 aliphatic carbocycles. The van der Waals surface area contributed by atoms with Gasteiger partial charge in [0.05, 0.1) is 18.5 Å². The van der Waals surface area contributed by atoms with Gasteiger partial charge in [0.25, 0.3) is 5.91 Å². The summed E-state index contributed by atoms with van der Waals surface area (Å²) in [7, 11) is 1.62. The van der Waals surface area contributed by atoms with E-state index in [0.29, 0.717) is 37.3 Å². The number of nitrogens with one attached hydrogen (secondary N) is 1. The molecule has 6 nitrogen and oxygen atoms in total. The molecule has 0 saturated heterocycles. The van der Waals surface area contributed by atoms with E-state index in [0.717, 1.165) is 31.2 Å². The molecule has 0 spiro atoms. The number of aryl methyl sites for hydroxylation is 1. The van der Waals surface area contributed by atoms with Gasteiger partial charge < -0.3 is 19.5 Å². The summed E-state index contributed by atoms with van der Waals surface area (Å²) in [5.41, 5.74) is 0.796. The van der Waals surface area contributed by atoms with Crippen molar-refractivity contribution < 1.29 is 19.0 Å². The maximum atomic E-state index is 12.8. The SMILES string of the molecule is CCOCCOc1ncc(NC(=O)[C@@]2(OC)CCC[C@H](C)C2)cc1C. The number of amides is 1. The summed E-state index contributed by atoms with van der Waals surface area (Å²) in [6, 6.07) is 1.87. The van der Waals surface area contributed by atoms with Crippen molar-refractivity contribution in [2.45, 2.75) is 52.1 Å². The zero-order chi connectivity index (χ0) is 18.3. The van der Waals surface area contributed by atoms with Crippen LogP contribution in [0.4, 0.5) is 5.69 Å². The number of hydrogen-bond acceptors (Lipinski definition) is 5. The molecule has 0 bridgehead atoms. The van der Waals surface area contributed by atoms with Crippen LogP contribution in [-0.4, -0.2) is 43.4 Å². The van der Waals surface area contributed by atoms with E-state index in [-0.39, 0.29) is 5.91 Å². The van der Waals surface area contributed by atoms with Crippen molar-refractivity contribution in [3.63, 3.8) is 0 Å². The maximum Gasteiger partial charge on any atom is 0.256 e. The Morgan fingerprint density at radius 3 is 2.88 bits per heavy atom. The van der Waals surface area contributed by atoms with Gasteiger partial charge in [0.15, 0.2) is 0 Å². The predicted molar refractivity (Wildman–Crippen MR) is 97.0 cm³/mol. The molecule has 1 fully saturated rings. The van der Waals surface area contributed by atoms with Gasteiger partial charge in [0, 0.05) is 19.3 Å². The third-order valence-electron chi connectivity index (χ3n) is 4.72. The summed E-state index contributed by atoms with van der Waals surface area (Å²) in [4.78, 5) is 17.1. The average Bonchev–Trinajstić information content (AvgIpc) is 2.60. The van der Waals surface area contributed by atoms with Crippen molar-refractivity contribution >= 4 is 11.6 Å². The normalized spacial score (nSPS) is 23.3. The first kappa shape index (κ1) is 19.7. The number of methoxy groups -OCH3 is 1. The summed E-state index contributed by atoms with van der Waals surface area (Å²) in [6.45, 7) is 7.68. The predicted octanol–water partition coefficient (Wildman–Crippen LogP) is 3.34. The topological polar surface area (TPSA) is 69.7 Å². The Hall–Kier alpha value is -1.66. The summed E-state index contributed by atoms with van der Waals surface area (Å²) in [6.07, 6.45) is 5.28. The van der Waals surface area contributed by atoms with Crippen LogP contribution in [0.25, 0.3) is 0 Å². The van der Waals surface area contributed by atoms with Gasteiger partial charge in [0.2, 0.25) is 5.88 Å². The van der Waals surface area contributed by atoms with Gasteiger partial charge in [-0.2, -0.15) is 0 Å². The van der Waals surface area contributed by atoms with Gasteiger partial charge in [-0.3, -0.25) is 4.79 Å². The van der Waals surface area contributed by atoms with Crippen molar-refractivity contribution in [2.75, 3.05) is 32.2 Å². The molecule has 1 saturated carbocycles. The fourth-order valence-corrected chi connectivity index (χ4v) is 3.36. The number of carbonyl (C=O) groups is 1. The largest absolute Gasteiger partial charge is 0.475 e. The highest BCUT2D eigenvalue weighted by Crippen LogP contribution is 2.35. The zero-order valence-corrected chi connectivity index (χ0v) is 15.8. The number of rotatable bonds is 8. The summed E-state index contributed by atoms with van der Waals surface area (Å²) in [5.74, 6) is 0.957. The molecule has 1 amide bonds. The summed E-state index contributed by atoms with van der Waals surface area (Å²) >= 11 is 0. The van der Waals surface area contributed by atoms with Crippen LogP contribution in [0, 0.1) is 12.8 Å². The Kier molecular flexibility index (Phi) is 7.20. The second-order valence-electron chi connectivity index (χ2n) is 6.75. The number of anilines is 1. The molecule has 1 aromatic rings. The molecule has 25 heavy (non-hydrogen) atoms. The lowest BCUT2D eigenvalue weighted by Crippen LogP contribution is -2.47. The standard InChI is InChI=1S/C19H30N2O4/c1-5-24-9-10-25-17-15(3)11-16(13-20-17)21-18(22)19(23-4)8-6-7-14(2)12-19/h11,13-14H,5-10,12H2,1-4H3,(H,21,22)/t14-,19+/m0/s1. The van der Waals surface area contributed by atoms with Crippen LogP contribution in [0.15, 0.2) is 12.3 Å². The van der Waals surface area contributed by atoms with Crippen molar-refractivity contribution in [3.05, 3.63) is 17.8 Å². The van der Waals surface area contributed by atoms with Gasteiger partial charge in [0.1, 0.15) is 12.2 Å². The lowest BCUT2D eigenvalue weighted by atomic mass is 9.78. The van der Waals surface area contributed by atoms with Crippen LogP contribution in [0.2, 0.25) is 0 Å². The third-order valence-corrected chi connectivity index (χ3v) is 4.72. The highest BCUT2D eigenvalue weighted by molar-refractivity contribution is 5.97. The monoisotopic (exact) mass is 350 g/mol. The first-order valence-electron chi connectivity index (χ1n) is 9.04. The van der Waals surface area contributed by atoms with Crippen molar-refractivity contribution in [1.29, 1.82) is 0 Å². The van der Waals surface area contributed by atoms with Crippen LogP contribution in [0.5, 0.6) is 5.88 Å². The Balaban J connectivity index is 1.99. The number of pyridine rings is 1. The molecule has 2 rings (SSSR count). The summed E-state index contributed by atoms with van der Waals surface area (Å²) < 4.78 is 16.5. The fraction of sp³-hybridized carbons (Fsp3) is 0.684. The Morgan fingerprint density at radius 2 is 2.24 bits per heavy atom. The van der Waals surface area contributed by atoms with Crippen molar-refractivity contribution in [3.8, 4) is 5.88 Å². The van der Waals surface area contributed by atoms with E-state index >= 15 is 0 Å². The minimum absolute atomic E-state index is 0.0900. The molecule has 1 N–H and O–H groups in total. The molecule has 0 aromatic carbocycles. The number of nitrogens with zero attached hydrogens (tertiary/aromatic N) is 1. The van der Waals surface area contributed by atoms with Gasteiger partial charge >= 0.3 is 0 Å². The highest BCUT2D eigenvalue weighted by Gasteiger charge is 2.42. The second kappa shape index (κ2) is 9.15. The van der Waals surface area contributed by atoms with Gasteiger partial charge in [-0.15, -0.1) is 0 Å². The first-order valence-corrected chi connectivity index (χ1v) is 9.04. The van der Waals surface area contributed by atoms with Crippen LogP contribution in [-0.2, 0) is 14.3 Å². The quantitative estimate of drug-likeness (QED) is 0.728. The number of hydrogen-bond donors (Lipinski definition) is 1. The highest BCUT2D eigenvalue weighted by atomic mass is 16.5. The van der Waals surface area contributed by atoms with Crippen LogP contribution in [0.3, 0.4) is 0 Å². The molecule has 1 aliphatic rings. The lowest BCUT2D eigenvalue weighted by molar-refractivity contribution is -0.143. The molecule has 0 radical (unpaired) electrons. The Bertz CT molecular complexity index is 579. The molecule has 0 unspecified atom stereocenters. The Morgan fingerprint density at radius 1 is 1.44 bits per heavy atom. The van der Waals surface area contributed by atoms with E-state index in [1.165, 1.54) is 0 Å². The fourth-order valence-electron chi connectivity index (χ4n) is 3.36. The molecule has 1 aromatic heterocycles. The first-order chi connectivity index (χ1) is 12.0. The van der Waals surface area contributed by atoms with E-state index in [1.807, 2.05) is 19.9 Å². The van der Waals surface area contributed by atoms with E-state index in [4.69, 9.17) is 14.2 Å². The molecule has 1 heterocycles. The van der Waals surface area contributed by atoms with E-state index in [2.05, 4.69) is 17.2 Å². The van der Waals surface area contributed by atoms with Gasteiger partial charge in [-0.05, 0) is 45.1 Å². The van der Waals surface area contributed by atoms with Crippen molar-refractivity contribution in [2.24, 2.45) is 5.92 Å². The van der Waals surface area contributed by atoms with Crippen molar-refractivity contribution in [1.82, 2.24) is 4.98 Å². The number of ether oxygens (including phenoxy) is 3. The molecule has 140 valence electrons. The Labute approximate surface area is 150 Å². The van der Waals surface area contributed by atoms with E-state index in [9.17, 15) is 4.79 Å². The molecular weight excluding hydrogens is 320 g/mol. The van der Waals surface area contributed by atoms with E-state index < -0.39 is 5.60 Å². The lowest BCUT2D eigenvalue weighted by Gasteiger charge is -2.37. The molecular formula is C19H30N2O4. The minimum atomic E-state index is -0.738. The summed E-state index contributed by atoms with van der Waals surface area (Å²) in [5, 5.41) is 2.96. The maximum absolute atomic E-state index is 12.8. The van der Waals surface area contributed by atoms with Gasteiger partial charge in [-0.1, -0.05) is 13.3 Å². The average molecular weight is 350 g/mol. The smallest absolute Gasteiger partial charge is 0.256 e. The van der Waals surface area contributed by atoms with Crippen LogP contribution < -0.4 is 10.1 Å². The van der Waals surface area contributed by atoms with Gasteiger partial charge in [-0.25, -0.2) is 4.98 Å². The third kappa shape index (κ3) is 5.16. The molecule has 0 aliphatic heterocycles. The zero-order valence-electron chi connectivity index (χ0n) is 15.8. The van der Waals surface area contributed by atoms with Crippen LogP contribution >= 0.6 is 0 Å². The number of aromatic nitrogens is 1. The van der Waals surface area contributed by atoms with E-state index in [1.54, 1.807) is 13.3 Å². The number of carbonyl (C=O) groups excluding carboxylic acids is 1. The molecule has 6 heteroatoms. The second-order valence-corrected chi connectivity index (χ2v) is 6.75. The molecule has 2 atom stereocenters.